The summed E-state index contributed by atoms with van der Waals surface area (Å²) in [5.74, 6) is 0.366. The average Bonchev–Trinajstić information content (AvgIpc) is 3.13. The maximum atomic E-state index is 12.6. The summed E-state index contributed by atoms with van der Waals surface area (Å²) >= 11 is 0. The summed E-state index contributed by atoms with van der Waals surface area (Å²) < 4.78 is 43.7. The monoisotopic (exact) mass is 377 g/mol. The van der Waals surface area contributed by atoms with E-state index in [1.54, 1.807) is 24.3 Å². The van der Waals surface area contributed by atoms with E-state index < -0.39 is 11.7 Å². The van der Waals surface area contributed by atoms with Crippen molar-refractivity contribution in [1.82, 2.24) is 4.90 Å². The first-order chi connectivity index (χ1) is 12.9. The molecule has 0 radical (unpaired) electrons. The molecule has 1 atom stereocenters. The van der Waals surface area contributed by atoms with E-state index in [0.29, 0.717) is 24.0 Å². The number of halogens is 3. The third-order valence-corrected chi connectivity index (χ3v) is 4.94. The van der Waals surface area contributed by atoms with E-state index in [4.69, 9.17) is 4.74 Å². The number of rotatable bonds is 6. The molecule has 1 aliphatic heterocycles. The van der Waals surface area contributed by atoms with Gasteiger partial charge in [0.2, 0.25) is 0 Å². The van der Waals surface area contributed by atoms with Crippen LogP contribution in [0.4, 0.5) is 13.2 Å². The lowest BCUT2D eigenvalue weighted by Crippen LogP contribution is -2.33. The van der Waals surface area contributed by atoms with E-state index in [9.17, 15) is 18.0 Å². The maximum Gasteiger partial charge on any atom is 0.416 e. The number of likely N-dealkylation sites (tertiary alicyclic amines) is 1. The number of hydrogen-bond acceptors (Lipinski definition) is 3. The fourth-order valence-electron chi connectivity index (χ4n) is 3.37. The van der Waals surface area contributed by atoms with E-state index in [0.717, 1.165) is 31.6 Å². The van der Waals surface area contributed by atoms with Crippen molar-refractivity contribution in [2.45, 2.75) is 32.0 Å². The molecule has 0 saturated carbocycles. The minimum Gasteiger partial charge on any atom is -0.492 e. The molecule has 1 saturated heterocycles. The second-order valence-electron chi connectivity index (χ2n) is 6.66. The summed E-state index contributed by atoms with van der Waals surface area (Å²) in [6.07, 6.45) is -2.10. The van der Waals surface area contributed by atoms with Crippen molar-refractivity contribution in [3.8, 4) is 5.75 Å². The van der Waals surface area contributed by atoms with Crippen LogP contribution in [0.2, 0.25) is 0 Å². The lowest BCUT2D eigenvalue weighted by Gasteiger charge is -2.22. The lowest BCUT2D eigenvalue weighted by molar-refractivity contribution is -0.137. The first kappa shape index (κ1) is 19.4. The molecule has 6 heteroatoms. The molecule has 1 aliphatic rings. The van der Waals surface area contributed by atoms with Crippen LogP contribution >= 0.6 is 0 Å². The highest BCUT2D eigenvalue weighted by Crippen LogP contribution is 2.29. The molecular formula is C21H22F3NO2. The predicted molar refractivity (Wildman–Crippen MR) is 97.1 cm³/mol. The number of nitrogens with zero attached hydrogens (tertiary/aromatic N) is 1. The van der Waals surface area contributed by atoms with E-state index in [1.807, 2.05) is 0 Å². The number of ether oxygens (including phenoxy) is 1. The average molecular weight is 377 g/mol. The minimum absolute atomic E-state index is 0.223. The summed E-state index contributed by atoms with van der Waals surface area (Å²) in [4.78, 5) is 14.8. The molecule has 0 aliphatic carbocycles. The van der Waals surface area contributed by atoms with E-state index in [2.05, 4.69) is 11.8 Å². The molecule has 0 N–H and O–H groups in total. The van der Waals surface area contributed by atoms with E-state index in [1.165, 1.54) is 18.6 Å². The highest BCUT2D eigenvalue weighted by atomic mass is 19.4. The van der Waals surface area contributed by atoms with Gasteiger partial charge in [-0.2, -0.15) is 13.2 Å². The summed E-state index contributed by atoms with van der Waals surface area (Å²) in [5, 5.41) is 0. The van der Waals surface area contributed by atoms with Crippen LogP contribution < -0.4 is 4.74 Å². The predicted octanol–water partition coefficient (Wildman–Crippen LogP) is 4.80. The van der Waals surface area contributed by atoms with Crippen molar-refractivity contribution in [3.05, 3.63) is 65.2 Å². The van der Waals surface area contributed by atoms with Crippen LogP contribution in [0.25, 0.3) is 0 Å². The summed E-state index contributed by atoms with van der Waals surface area (Å²) in [7, 11) is 0. The van der Waals surface area contributed by atoms with Gasteiger partial charge in [0.1, 0.15) is 12.4 Å². The Kier molecular flexibility index (Phi) is 5.85. The molecule has 2 aromatic carbocycles. The Bertz CT molecular complexity index is 770. The molecule has 3 nitrogen and oxygen atoms in total. The summed E-state index contributed by atoms with van der Waals surface area (Å²) in [6, 6.07) is 11.4. The zero-order chi connectivity index (χ0) is 19.4. The van der Waals surface area contributed by atoms with Gasteiger partial charge in [-0.1, -0.05) is 19.1 Å². The van der Waals surface area contributed by atoms with Crippen molar-refractivity contribution >= 4 is 5.78 Å². The molecule has 2 aromatic rings. The number of likely N-dealkylation sites (N-methyl/N-ethyl adjacent to an activating group) is 1. The van der Waals surface area contributed by atoms with E-state index in [-0.39, 0.29) is 11.3 Å². The van der Waals surface area contributed by atoms with Gasteiger partial charge in [-0.15, -0.1) is 0 Å². The Morgan fingerprint density at radius 2 is 1.67 bits per heavy atom. The second-order valence-corrected chi connectivity index (χ2v) is 6.66. The Labute approximate surface area is 156 Å². The normalized spacial score (nSPS) is 17.9. The van der Waals surface area contributed by atoms with Gasteiger partial charge in [0.15, 0.2) is 5.78 Å². The standard InChI is InChI=1S/C21H22F3NO2/c1-2-25-13-3-4-18(25)14-27-19-11-7-16(8-12-19)20(26)15-5-9-17(10-6-15)21(22,23)24/h5-12,18H,2-4,13-14H2,1H3. The van der Waals surface area contributed by atoms with Gasteiger partial charge in [0.05, 0.1) is 5.56 Å². The fourth-order valence-corrected chi connectivity index (χ4v) is 3.37. The lowest BCUT2D eigenvalue weighted by atomic mass is 10.0. The van der Waals surface area contributed by atoms with Crippen molar-refractivity contribution in [2.75, 3.05) is 19.7 Å². The highest BCUT2D eigenvalue weighted by molar-refractivity contribution is 6.09. The van der Waals surface area contributed by atoms with Gasteiger partial charge in [-0.3, -0.25) is 9.69 Å². The van der Waals surface area contributed by atoms with Gasteiger partial charge in [-0.25, -0.2) is 0 Å². The van der Waals surface area contributed by atoms with Crippen LogP contribution in [-0.2, 0) is 6.18 Å². The number of carbonyl (C=O) groups excluding carboxylic acids is 1. The Morgan fingerprint density at radius 3 is 2.22 bits per heavy atom. The van der Waals surface area contributed by atoms with Crippen molar-refractivity contribution in [2.24, 2.45) is 0 Å². The van der Waals surface area contributed by atoms with Crippen LogP contribution in [-0.4, -0.2) is 36.4 Å². The maximum absolute atomic E-state index is 12.6. The van der Waals surface area contributed by atoms with Gasteiger partial charge in [-0.05, 0) is 62.3 Å². The third-order valence-electron chi connectivity index (χ3n) is 4.94. The number of hydrogen-bond donors (Lipinski definition) is 0. The topological polar surface area (TPSA) is 29.5 Å². The van der Waals surface area contributed by atoms with Gasteiger partial charge >= 0.3 is 6.18 Å². The van der Waals surface area contributed by atoms with Crippen molar-refractivity contribution < 1.29 is 22.7 Å². The number of alkyl halides is 3. The van der Waals surface area contributed by atoms with Crippen molar-refractivity contribution in [3.63, 3.8) is 0 Å². The zero-order valence-corrected chi connectivity index (χ0v) is 15.1. The van der Waals surface area contributed by atoms with E-state index >= 15 is 0 Å². The molecule has 1 unspecified atom stereocenters. The first-order valence-electron chi connectivity index (χ1n) is 9.07. The number of ketones is 1. The number of carbonyl (C=O) groups is 1. The fraction of sp³-hybridized carbons (Fsp3) is 0.381. The largest absolute Gasteiger partial charge is 0.492 e. The molecule has 0 amide bonds. The molecule has 1 fully saturated rings. The van der Waals surface area contributed by atoms with Crippen LogP contribution in [0.5, 0.6) is 5.75 Å². The van der Waals surface area contributed by atoms with Gasteiger partial charge in [0, 0.05) is 17.2 Å². The molecule has 0 spiro atoms. The minimum atomic E-state index is -4.41. The molecule has 1 heterocycles. The van der Waals surface area contributed by atoms with Crippen LogP contribution in [0.15, 0.2) is 48.5 Å². The van der Waals surface area contributed by atoms with Crippen LogP contribution in [0.3, 0.4) is 0 Å². The molecular weight excluding hydrogens is 355 g/mol. The van der Waals surface area contributed by atoms with Gasteiger partial charge in [0.25, 0.3) is 0 Å². The SMILES string of the molecule is CCN1CCCC1COc1ccc(C(=O)c2ccc(C(F)(F)F)cc2)cc1. The quantitative estimate of drug-likeness (QED) is 0.678. The highest BCUT2D eigenvalue weighted by Gasteiger charge is 2.30. The molecule has 3 rings (SSSR count). The Morgan fingerprint density at radius 1 is 1.07 bits per heavy atom. The van der Waals surface area contributed by atoms with Crippen molar-refractivity contribution in [1.29, 1.82) is 0 Å². The molecule has 144 valence electrons. The second kappa shape index (κ2) is 8.13. The summed E-state index contributed by atoms with van der Waals surface area (Å²) in [5.41, 5.74) is -0.129. The Balaban J connectivity index is 1.62. The molecule has 27 heavy (non-hydrogen) atoms. The van der Waals surface area contributed by atoms with Gasteiger partial charge < -0.3 is 4.74 Å². The molecule has 0 aromatic heterocycles. The van der Waals surface area contributed by atoms with Crippen LogP contribution in [0.1, 0.15) is 41.3 Å². The smallest absolute Gasteiger partial charge is 0.416 e. The zero-order valence-electron chi connectivity index (χ0n) is 15.1. The third kappa shape index (κ3) is 4.69. The van der Waals surface area contributed by atoms with Crippen LogP contribution in [0, 0.1) is 0 Å². The Hall–Kier alpha value is -2.34. The number of benzene rings is 2. The first-order valence-corrected chi connectivity index (χ1v) is 9.07. The molecule has 0 bridgehead atoms. The summed E-state index contributed by atoms with van der Waals surface area (Å²) in [6.45, 7) is 4.86.